The summed E-state index contributed by atoms with van der Waals surface area (Å²) in [5.74, 6) is 0.731. The van der Waals surface area contributed by atoms with E-state index >= 15 is 0 Å². The first-order valence-corrected chi connectivity index (χ1v) is 7.76. The first-order chi connectivity index (χ1) is 8.66. The van der Waals surface area contributed by atoms with E-state index < -0.39 is 0 Å². The minimum absolute atomic E-state index is 0.454. The third kappa shape index (κ3) is 3.94. The maximum atomic E-state index is 5.63. The van der Waals surface area contributed by atoms with E-state index in [1.165, 1.54) is 38.8 Å². The number of nitrogens with one attached hydrogen (secondary N) is 1. The Kier molecular flexibility index (Phi) is 5.46. The second-order valence-electron chi connectivity index (χ2n) is 6.29. The van der Waals surface area contributed by atoms with Crippen molar-refractivity contribution in [3.63, 3.8) is 0 Å². The van der Waals surface area contributed by atoms with E-state index in [0.29, 0.717) is 12.1 Å². The van der Waals surface area contributed by atoms with Crippen molar-refractivity contribution in [1.29, 1.82) is 0 Å². The topological polar surface area (TPSA) is 24.5 Å². The molecule has 0 aliphatic carbocycles. The third-order valence-electron chi connectivity index (χ3n) is 4.69. The van der Waals surface area contributed by atoms with Gasteiger partial charge in [-0.25, -0.2) is 0 Å². The maximum Gasteiger partial charge on any atom is 0.0588 e. The SMILES string of the molecule is CC1OCCC1CNC1CCCN(C(C)C)CC1. The van der Waals surface area contributed by atoms with Crippen molar-refractivity contribution >= 4 is 0 Å². The van der Waals surface area contributed by atoms with Gasteiger partial charge in [0.15, 0.2) is 0 Å². The fourth-order valence-electron chi connectivity index (χ4n) is 3.20. The van der Waals surface area contributed by atoms with Crippen LogP contribution in [0, 0.1) is 5.92 Å². The van der Waals surface area contributed by atoms with Crippen molar-refractivity contribution in [2.45, 2.75) is 64.6 Å². The highest BCUT2D eigenvalue weighted by Crippen LogP contribution is 2.20. The summed E-state index contributed by atoms with van der Waals surface area (Å²) >= 11 is 0. The molecule has 2 rings (SSSR count). The van der Waals surface area contributed by atoms with Gasteiger partial charge in [-0.15, -0.1) is 0 Å². The van der Waals surface area contributed by atoms with E-state index in [2.05, 4.69) is 31.0 Å². The van der Waals surface area contributed by atoms with Crippen LogP contribution in [0.4, 0.5) is 0 Å². The smallest absolute Gasteiger partial charge is 0.0588 e. The fourth-order valence-corrected chi connectivity index (χ4v) is 3.20. The molecule has 2 saturated heterocycles. The highest BCUT2D eigenvalue weighted by Gasteiger charge is 2.25. The summed E-state index contributed by atoms with van der Waals surface area (Å²) in [5, 5.41) is 3.79. The molecular formula is C15H30N2O. The van der Waals surface area contributed by atoms with Crippen molar-refractivity contribution in [2.75, 3.05) is 26.2 Å². The Morgan fingerprint density at radius 2 is 2.06 bits per heavy atom. The van der Waals surface area contributed by atoms with Crippen molar-refractivity contribution in [2.24, 2.45) is 5.92 Å². The highest BCUT2D eigenvalue weighted by molar-refractivity contribution is 4.80. The molecule has 2 aliphatic heterocycles. The van der Waals surface area contributed by atoms with Gasteiger partial charge in [0.05, 0.1) is 6.10 Å². The minimum atomic E-state index is 0.454. The van der Waals surface area contributed by atoms with Gasteiger partial charge in [0.2, 0.25) is 0 Å². The summed E-state index contributed by atoms with van der Waals surface area (Å²) < 4.78 is 5.63. The van der Waals surface area contributed by atoms with E-state index in [4.69, 9.17) is 4.74 Å². The lowest BCUT2D eigenvalue weighted by atomic mass is 10.0. The molecule has 0 saturated carbocycles. The third-order valence-corrected chi connectivity index (χ3v) is 4.69. The molecule has 2 fully saturated rings. The van der Waals surface area contributed by atoms with Crippen molar-refractivity contribution in [3.05, 3.63) is 0 Å². The summed E-state index contributed by atoms with van der Waals surface area (Å²) in [6.45, 7) is 11.5. The normalized spacial score (nSPS) is 35.0. The lowest BCUT2D eigenvalue weighted by Gasteiger charge is -2.24. The summed E-state index contributed by atoms with van der Waals surface area (Å²) in [6, 6.07) is 1.42. The standard InChI is InChI=1S/C15H30N2O/c1-12(2)17-8-4-5-15(6-9-17)16-11-14-7-10-18-13(14)3/h12-16H,4-11H2,1-3H3. The predicted molar refractivity (Wildman–Crippen MR) is 75.9 cm³/mol. The van der Waals surface area contributed by atoms with Crippen molar-refractivity contribution in [1.82, 2.24) is 10.2 Å². The molecule has 18 heavy (non-hydrogen) atoms. The second kappa shape index (κ2) is 6.88. The number of rotatable bonds is 4. The number of ether oxygens (including phenoxy) is 1. The molecule has 3 nitrogen and oxygen atoms in total. The molecule has 3 unspecified atom stereocenters. The van der Waals surface area contributed by atoms with Gasteiger partial charge in [-0.3, -0.25) is 0 Å². The van der Waals surface area contributed by atoms with E-state index in [1.807, 2.05) is 0 Å². The maximum absolute atomic E-state index is 5.63. The lowest BCUT2D eigenvalue weighted by Crippen LogP contribution is -2.37. The molecule has 0 aromatic heterocycles. The molecule has 0 aromatic rings. The number of nitrogens with zero attached hydrogens (tertiary/aromatic N) is 1. The molecule has 0 aromatic carbocycles. The molecule has 1 N–H and O–H groups in total. The largest absolute Gasteiger partial charge is 0.378 e. The van der Waals surface area contributed by atoms with Crippen molar-refractivity contribution < 1.29 is 4.74 Å². The van der Waals surface area contributed by atoms with E-state index in [1.54, 1.807) is 0 Å². The van der Waals surface area contributed by atoms with Gasteiger partial charge < -0.3 is 15.0 Å². The lowest BCUT2D eigenvalue weighted by molar-refractivity contribution is 0.104. The molecule has 0 radical (unpaired) electrons. The van der Waals surface area contributed by atoms with Crippen LogP contribution in [0.15, 0.2) is 0 Å². The first-order valence-electron chi connectivity index (χ1n) is 7.76. The van der Waals surface area contributed by atoms with Gasteiger partial charge in [0.25, 0.3) is 0 Å². The van der Waals surface area contributed by atoms with E-state index in [-0.39, 0.29) is 0 Å². The molecular weight excluding hydrogens is 224 g/mol. The van der Waals surface area contributed by atoms with Gasteiger partial charge in [0.1, 0.15) is 0 Å². The monoisotopic (exact) mass is 254 g/mol. The molecule has 0 amide bonds. The van der Waals surface area contributed by atoms with Crippen LogP contribution in [0.2, 0.25) is 0 Å². The summed E-state index contributed by atoms with van der Waals surface area (Å²) in [4.78, 5) is 2.61. The molecule has 3 heteroatoms. The van der Waals surface area contributed by atoms with Crippen LogP contribution < -0.4 is 5.32 Å². The Morgan fingerprint density at radius 1 is 1.22 bits per heavy atom. The first kappa shape index (κ1) is 14.3. The zero-order chi connectivity index (χ0) is 13.0. The zero-order valence-electron chi connectivity index (χ0n) is 12.3. The van der Waals surface area contributed by atoms with Crippen LogP contribution in [0.3, 0.4) is 0 Å². The van der Waals surface area contributed by atoms with Crippen LogP contribution in [-0.4, -0.2) is 49.3 Å². The van der Waals surface area contributed by atoms with Gasteiger partial charge in [0, 0.05) is 25.2 Å². The molecule has 0 bridgehead atoms. The Hall–Kier alpha value is -0.120. The molecule has 2 aliphatic rings. The minimum Gasteiger partial charge on any atom is -0.378 e. The average molecular weight is 254 g/mol. The van der Waals surface area contributed by atoms with Crippen molar-refractivity contribution in [3.8, 4) is 0 Å². The predicted octanol–water partition coefficient (Wildman–Crippen LogP) is 2.26. The molecule has 106 valence electrons. The van der Waals surface area contributed by atoms with Crippen LogP contribution in [0.25, 0.3) is 0 Å². The zero-order valence-corrected chi connectivity index (χ0v) is 12.3. The fraction of sp³-hybridized carbons (Fsp3) is 1.00. The van der Waals surface area contributed by atoms with Gasteiger partial charge >= 0.3 is 0 Å². The Labute approximate surface area is 112 Å². The summed E-state index contributed by atoms with van der Waals surface area (Å²) in [5.41, 5.74) is 0. The van der Waals surface area contributed by atoms with Gasteiger partial charge in [-0.2, -0.15) is 0 Å². The van der Waals surface area contributed by atoms with Crippen LogP contribution >= 0.6 is 0 Å². The number of hydrogen-bond acceptors (Lipinski definition) is 3. The van der Waals surface area contributed by atoms with Crippen LogP contribution in [0.1, 0.15) is 46.5 Å². The highest BCUT2D eigenvalue weighted by atomic mass is 16.5. The van der Waals surface area contributed by atoms with Crippen LogP contribution in [0.5, 0.6) is 0 Å². The van der Waals surface area contributed by atoms with Crippen LogP contribution in [-0.2, 0) is 4.74 Å². The Balaban J connectivity index is 1.70. The second-order valence-corrected chi connectivity index (χ2v) is 6.29. The quantitative estimate of drug-likeness (QED) is 0.833. The van der Waals surface area contributed by atoms with Gasteiger partial charge in [-0.1, -0.05) is 0 Å². The number of likely N-dealkylation sites (tertiary alicyclic amines) is 1. The van der Waals surface area contributed by atoms with Gasteiger partial charge in [-0.05, 0) is 65.5 Å². The van der Waals surface area contributed by atoms with E-state index in [0.717, 1.165) is 25.1 Å². The Bertz CT molecular complexity index is 245. The Morgan fingerprint density at radius 3 is 2.72 bits per heavy atom. The molecule has 2 heterocycles. The molecule has 0 spiro atoms. The average Bonchev–Trinajstić information content (AvgIpc) is 2.62. The summed E-state index contributed by atoms with van der Waals surface area (Å²) in [7, 11) is 0. The number of hydrogen-bond donors (Lipinski definition) is 1. The van der Waals surface area contributed by atoms with E-state index in [9.17, 15) is 0 Å². The molecule has 3 atom stereocenters. The summed E-state index contributed by atoms with van der Waals surface area (Å²) in [6.07, 6.45) is 5.67.